The van der Waals surface area contributed by atoms with Gasteiger partial charge in [0.05, 0.1) is 48.1 Å². The summed E-state index contributed by atoms with van der Waals surface area (Å²) in [6.07, 6.45) is -1.82. The molecule has 4 rings (SSSR count). The Hall–Kier alpha value is -3.30. The minimum Gasteiger partial charge on any atom is -0.332 e. The summed E-state index contributed by atoms with van der Waals surface area (Å²) >= 11 is 0. The molecule has 1 aliphatic heterocycles. The van der Waals surface area contributed by atoms with Gasteiger partial charge >= 0.3 is 6.18 Å². The molecule has 0 fully saturated rings. The predicted octanol–water partition coefficient (Wildman–Crippen LogP) is 3.82. The molecule has 1 aliphatic rings. The van der Waals surface area contributed by atoms with E-state index in [1.165, 1.54) is 11.0 Å². The average Bonchev–Trinajstić information content (AvgIpc) is 3.10. The topological polar surface area (TPSA) is 51.0 Å². The van der Waals surface area contributed by atoms with Crippen LogP contribution in [0.25, 0.3) is 0 Å². The number of benzene rings is 1. The van der Waals surface area contributed by atoms with Crippen LogP contribution in [0.5, 0.6) is 0 Å². The summed E-state index contributed by atoms with van der Waals surface area (Å²) in [5, 5.41) is 0. The van der Waals surface area contributed by atoms with Gasteiger partial charge in [-0.05, 0) is 24.3 Å². The van der Waals surface area contributed by atoms with Gasteiger partial charge in [0, 0.05) is 18.7 Å². The molecule has 0 saturated carbocycles. The van der Waals surface area contributed by atoms with Crippen LogP contribution in [0.1, 0.15) is 33.0 Å². The highest BCUT2D eigenvalue weighted by Gasteiger charge is 2.36. The summed E-state index contributed by atoms with van der Waals surface area (Å²) in [5.41, 5.74) is -0.0507. The molecule has 1 aromatic carbocycles. The molecule has 0 atom stereocenters. The second-order valence-electron chi connectivity index (χ2n) is 6.88. The quantitative estimate of drug-likeness (QED) is 0.603. The average molecular weight is 422 g/mol. The van der Waals surface area contributed by atoms with Gasteiger partial charge in [0.25, 0.3) is 5.91 Å². The van der Waals surface area contributed by atoms with Crippen LogP contribution < -0.4 is 0 Å². The van der Waals surface area contributed by atoms with Crippen molar-refractivity contribution in [3.8, 4) is 0 Å². The van der Waals surface area contributed by atoms with E-state index in [9.17, 15) is 26.7 Å². The number of carbonyl (C=O) groups excluding carboxylic acids is 1. The molecule has 156 valence electrons. The summed E-state index contributed by atoms with van der Waals surface area (Å²) in [6.45, 7) is 0.608. The van der Waals surface area contributed by atoms with E-state index in [-0.39, 0.29) is 13.1 Å². The molecule has 0 bridgehead atoms. The van der Waals surface area contributed by atoms with Crippen LogP contribution in [0.2, 0.25) is 0 Å². The second-order valence-corrected chi connectivity index (χ2v) is 6.88. The minimum atomic E-state index is -4.89. The van der Waals surface area contributed by atoms with Crippen LogP contribution in [-0.2, 0) is 25.7 Å². The van der Waals surface area contributed by atoms with Crippen LogP contribution >= 0.6 is 0 Å². The third-order valence-electron chi connectivity index (χ3n) is 4.93. The molecule has 30 heavy (non-hydrogen) atoms. The number of aromatic nitrogens is 3. The van der Waals surface area contributed by atoms with Crippen LogP contribution in [0.15, 0.2) is 42.9 Å². The molecule has 1 amide bonds. The molecule has 0 N–H and O–H groups in total. The summed E-state index contributed by atoms with van der Waals surface area (Å²) in [7, 11) is 0. The van der Waals surface area contributed by atoms with E-state index in [0.717, 1.165) is 24.0 Å². The number of fused-ring (bicyclic) bond motifs is 1. The summed E-state index contributed by atoms with van der Waals surface area (Å²) in [6, 6.07) is 5.51. The largest absolute Gasteiger partial charge is 0.419 e. The maximum absolute atomic E-state index is 14.3. The Morgan fingerprint density at radius 1 is 1.10 bits per heavy atom. The number of amides is 1. The highest BCUT2D eigenvalue weighted by molar-refractivity contribution is 5.94. The predicted molar refractivity (Wildman–Crippen MR) is 95.4 cm³/mol. The smallest absolute Gasteiger partial charge is 0.332 e. The minimum absolute atomic E-state index is 0.0493. The number of carbonyl (C=O) groups is 1. The fourth-order valence-corrected chi connectivity index (χ4v) is 3.44. The van der Waals surface area contributed by atoms with Gasteiger partial charge in [-0.1, -0.05) is 6.07 Å². The highest BCUT2D eigenvalue weighted by atomic mass is 19.4. The SMILES string of the molecule is O=C(c1cccc(C(F)(F)F)c1F)N1CCc2c(ncn2Cc2ccc(F)cn2)C1. The third kappa shape index (κ3) is 3.77. The van der Waals surface area contributed by atoms with Gasteiger partial charge in [-0.15, -0.1) is 0 Å². The summed E-state index contributed by atoms with van der Waals surface area (Å²) in [4.78, 5) is 22.2. The first-order valence-electron chi connectivity index (χ1n) is 9.02. The van der Waals surface area contributed by atoms with Gasteiger partial charge < -0.3 is 9.47 Å². The van der Waals surface area contributed by atoms with Gasteiger partial charge in [-0.3, -0.25) is 9.78 Å². The molecule has 2 aromatic heterocycles. The van der Waals surface area contributed by atoms with Crippen molar-refractivity contribution < 1.29 is 26.7 Å². The number of hydrogen-bond donors (Lipinski definition) is 0. The van der Waals surface area contributed by atoms with Crippen LogP contribution in [0, 0.1) is 11.6 Å². The number of imidazole rings is 1. The zero-order valence-corrected chi connectivity index (χ0v) is 15.5. The Morgan fingerprint density at radius 3 is 2.60 bits per heavy atom. The van der Waals surface area contributed by atoms with Crippen molar-refractivity contribution in [2.45, 2.75) is 25.7 Å². The molecule has 0 radical (unpaired) electrons. The first-order valence-corrected chi connectivity index (χ1v) is 9.02. The molecule has 3 heterocycles. The molecule has 3 aromatic rings. The van der Waals surface area contributed by atoms with Crippen molar-refractivity contribution in [2.75, 3.05) is 6.54 Å². The maximum atomic E-state index is 14.3. The zero-order valence-electron chi connectivity index (χ0n) is 15.5. The third-order valence-corrected chi connectivity index (χ3v) is 4.93. The summed E-state index contributed by atoms with van der Waals surface area (Å²) < 4.78 is 67.9. The Morgan fingerprint density at radius 2 is 1.90 bits per heavy atom. The van der Waals surface area contributed by atoms with E-state index in [1.807, 2.05) is 4.57 Å². The summed E-state index contributed by atoms with van der Waals surface area (Å²) in [5.74, 6) is -2.84. The van der Waals surface area contributed by atoms with Crippen LogP contribution in [-0.4, -0.2) is 31.9 Å². The number of halogens is 5. The van der Waals surface area contributed by atoms with E-state index in [1.54, 1.807) is 12.4 Å². The Kier molecular flexibility index (Phi) is 5.00. The fourth-order valence-electron chi connectivity index (χ4n) is 3.44. The molecule has 0 unspecified atom stereocenters. The number of rotatable bonds is 3. The van der Waals surface area contributed by atoms with Crippen molar-refractivity contribution in [3.05, 3.63) is 82.7 Å². The van der Waals surface area contributed by atoms with E-state index < -0.39 is 34.8 Å². The molecular formula is C20H15F5N4O. The number of hydrogen-bond acceptors (Lipinski definition) is 3. The Labute approximate surface area is 167 Å². The second kappa shape index (κ2) is 7.51. The normalized spacial score (nSPS) is 14.0. The maximum Gasteiger partial charge on any atom is 0.419 e. The Balaban J connectivity index is 1.53. The van der Waals surface area contributed by atoms with Gasteiger partial charge in [0.1, 0.15) is 11.6 Å². The standard InChI is InChI=1S/C20H15F5N4O/c21-12-4-5-13(26-8-12)9-29-11-27-16-10-28(7-6-17(16)29)19(30)14-2-1-3-15(18(14)22)20(23,24)25/h1-5,8,11H,6-7,9-10H2. The molecule has 10 heteroatoms. The lowest BCUT2D eigenvalue weighted by atomic mass is 10.1. The van der Waals surface area contributed by atoms with Crippen LogP contribution in [0.4, 0.5) is 22.0 Å². The number of nitrogens with zero attached hydrogens (tertiary/aromatic N) is 4. The van der Waals surface area contributed by atoms with E-state index in [0.29, 0.717) is 30.4 Å². The lowest BCUT2D eigenvalue weighted by molar-refractivity contribution is -0.140. The first-order chi connectivity index (χ1) is 14.2. The first kappa shape index (κ1) is 20.0. The molecule has 0 spiro atoms. The lowest BCUT2D eigenvalue weighted by Gasteiger charge is -2.27. The lowest BCUT2D eigenvalue weighted by Crippen LogP contribution is -2.37. The Bertz CT molecular complexity index is 1090. The van der Waals surface area contributed by atoms with Crippen molar-refractivity contribution in [1.29, 1.82) is 0 Å². The molecular weight excluding hydrogens is 407 g/mol. The van der Waals surface area contributed by atoms with E-state index >= 15 is 0 Å². The van der Waals surface area contributed by atoms with Crippen molar-refractivity contribution in [1.82, 2.24) is 19.4 Å². The van der Waals surface area contributed by atoms with Gasteiger partial charge in [0.15, 0.2) is 0 Å². The monoisotopic (exact) mass is 422 g/mol. The molecule has 0 aliphatic carbocycles. The van der Waals surface area contributed by atoms with E-state index in [2.05, 4.69) is 9.97 Å². The van der Waals surface area contributed by atoms with Crippen LogP contribution in [0.3, 0.4) is 0 Å². The van der Waals surface area contributed by atoms with Crippen molar-refractivity contribution in [2.24, 2.45) is 0 Å². The van der Waals surface area contributed by atoms with Gasteiger partial charge in [0.2, 0.25) is 0 Å². The number of pyridine rings is 1. The molecule has 5 nitrogen and oxygen atoms in total. The van der Waals surface area contributed by atoms with Gasteiger partial charge in [-0.25, -0.2) is 13.8 Å². The van der Waals surface area contributed by atoms with Gasteiger partial charge in [-0.2, -0.15) is 13.2 Å². The number of alkyl halides is 3. The van der Waals surface area contributed by atoms with E-state index in [4.69, 9.17) is 0 Å². The molecule has 0 saturated heterocycles. The van der Waals surface area contributed by atoms with Crippen molar-refractivity contribution in [3.63, 3.8) is 0 Å². The fraction of sp³-hybridized carbons (Fsp3) is 0.250. The highest BCUT2D eigenvalue weighted by Crippen LogP contribution is 2.33. The van der Waals surface area contributed by atoms with Crippen molar-refractivity contribution >= 4 is 5.91 Å². The zero-order chi connectivity index (χ0) is 21.5.